The zero-order chi connectivity index (χ0) is 16.6. The van der Waals surface area contributed by atoms with Crippen LogP contribution in [0.4, 0.5) is 0 Å². The molecule has 0 bridgehead atoms. The summed E-state index contributed by atoms with van der Waals surface area (Å²) in [5.41, 5.74) is 2.19. The van der Waals surface area contributed by atoms with Crippen molar-refractivity contribution >= 4 is 21.7 Å². The van der Waals surface area contributed by atoms with Crippen molar-refractivity contribution in [3.05, 3.63) is 57.6 Å². The lowest BCUT2D eigenvalue weighted by Crippen LogP contribution is -2.36. The zero-order valence-electron chi connectivity index (χ0n) is 13.5. The number of benzene rings is 2. The Hall–Kier alpha value is -1.81. The van der Waals surface area contributed by atoms with Gasteiger partial charge in [0, 0.05) is 10.5 Å². The molecular formula is C19H19BrO3. The van der Waals surface area contributed by atoms with E-state index in [9.17, 15) is 4.79 Å². The Morgan fingerprint density at radius 3 is 2.61 bits per heavy atom. The lowest BCUT2D eigenvalue weighted by Gasteiger charge is -2.32. The highest BCUT2D eigenvalue weighted by Gasteiger charge is 2.33. The largest absolute Gasteiger partial charge is 0.489 e. The van der Waals surface area contributed by atoms with E-state index in [4.69, 9.17) is 9.47 Å². The van der Waals surface area contributed by atoms with Gasteiger partial charge in [0.2, 0.25) is 0 Å². The summed E-state index contributed by atoms with van der Waals surface area (Å²) in [7, 11) is 0. The molecule has 2 aromatic carbocycles. The van der Waals surface area contributed by atoms with E-state index < -0.39 is 5.60 Å². The summed E-state index contributed by atoms with van der Waals surface area (Å²) < 4.78 is 12.9. The van der Waals surface area contributed by atoms with Gasteiger partial charge in [0.25, 0.3) is 0 Å². The van der Waals surface area contributed by atoms with Crippen LogP contribution in [0.2, 0.25) is 0 Å². The minimum atomic E-state index is -0.471. The molecule has 0 saturated carbocycles. The van der Waals surface area contributed by atoms with Crippen LogP contribution < -0.4 is 9.47 Å². The highest BCUT2D eigenvalue weighted by atomic mass is 79.9. The van der Waals surface area contributed by atoms with Gasteiger partial charge in [0.1, 0.15) is 23.7 Å². The van der Waals surface area contributed by atoms with Gasteiger partial charge < -0.3 is 9.47 Å². The van der Waals surface area contributed by atoms with E-state index in [1.807, 2.05) is 57.2 Å². The molecule has 0 fully saturated rings. The predicted molar refractivity (Wildman–Crippen MR) is 93.3 cm³/mol. The van der Waals surface area contributed by atoms with E-state index in [-0.39, 0.29) is 5.78 Å². The number of fused-ring (bicyclic) bond motifs is 1. The summed E-state index contributed by atoms with van der Waals surface area (Å²) in [4.78, 5) is 12.3. The number of carbonyl (C=O) groups is 1. The van der Waals surface area contributed by atoms with Gasteiger partial charge in [0.15, 0.2) is 5.78 Å². The number of ketones is 1. The van der Waals surface area contributed by atoms with Gasteiger partial charge >= 0.3 is 0 Å². The molecule has 120 valence electrons. The third-order valence-electron chi connectivity index (χ3n) is 3.84. The molecule has 2 aromatic rings. The van der Waals surface area contributed by atoms with Crippen molar-refractivity contribution in [1.29, 1.82) is 0 Å². The number of aryl methyl sites for hydroxylation is 1. The first-order valence-electron chi connectivity index (χ1n) is 7.58. The molecule has 0 radical (unpaired) electrons. The van der Waals surface area contributed by atoms with Crippen LogP contribution in [0.5, 0.6) is 11.5 Å². The molecule has 23 heavy (non-hydrogen) atoms. The van der Waals surface area contributed by atoms with Crippen LogP contribution in [-0.4, -0.2) is 11.4 Å². The van der Waals surface area contributed by atoms with E-state index in [1.54, 1.807) is 0 Å². The van der Waals surface area contributed by atoms with E-state index in [1.165, 1.54) is 0 Å². The molecule has 1 aliphatic rings. The van der Waals surface area contributed by atoms with Gasteiger partial charge in [0.05, 0.1) is 12.0 Å². The lowest BCUT2D eigenvalue weighted by atomic mass is 9.90. The van der Waals surface area contributed by atoms with Gasteiger partial charge in [-0.15, -0.1) is 0 Å². The van der Waals surface area contributed by atoms with Crippen molar-refractivity contribution in [2.24, 2.45) is 0 Å². The molecule has 4 heteroatoms. The Labute approximate surface area is 144 Å². The van der Waals surface area contributed by atoms with Crippen LogP contribution in [-0.2, 0) is 6.61 Å². The standard InChI is InChI=1S/C19H19BrO3/c1-12-8-15(22-11-13-4-6-14(20)7-5-13)9-17-18(12)16(21)10-19(2,3)23-17/h4-9H,10-11H2,1-3H3. The fourth-order valence-corrected chi connectivity index (χ4v) is 3.06. The number of carbonyl (C=O) groups excluding carboxylic acids is 1. The molecule has 0 spiro atoms. The number of Topliss-reactive ketones (excluding diaryl/α,β-unsaturated/α-hetero) is 1. The Bertz CT molecular complexity index is 748. The molecule has 0 aromatic heterocycles. The Kier molecular flexibility index (Phi) is 4.19. The molecule has 3 nitrogen and oxygen atoms in total. The zero-order valence-corrected chi connectivity index (χ0v) is 15.1. The molecule has 0 amide bonds. The van der Waals surface area contributed by atoms with E-state index >= 15 is 0 Å². The van der Waals surface area contributed by atoms with Gasteiger partial charge in [-0.05, 0) is 50.1 Å². The van der Waals surface area contributed by atoms with Gasteiger partial charge in [-0.3, -0.25) is 4.79 Å². The van der Waals surface area contributed by atoms with Crippen molar-refractivity contribution in [2.45, 2.75) is 39.4 Å². The van der Waals surface area contributed by atoms with Crippen molar-refractivity contribution < 1.29 is 14.3 Å². The first kappa shape index (κ1) is 16.1. The lowest BCUT2D eigenvalue weighted by molar-refractivity contribution is 0.0616. The minimum absolute atomic E-state index is 0.133. The number of hydrogen-bond acceptors (Lipinski definition) is 3. The number of rotatable bonds is 3. The van der Waals surface area contributed by atoms with Crippen molar-refractivity contribution in [2.75, 3.05) is 0 Å². The summed E-state index contributed by atoms with van der Waals surface area (Å²) in [6, 6.07) is 11.7. The van der Waals surface area contributed by atoms with Crippen molar-refractivity contribution in [3.63, 3.8) is 0 Å². The number of halogens is 1. The van der Waals surface area contributed by atoms with Crippen molar-refractivity contribution in [3.8, 4) is 11.5 Å². The Morgan fingerprint density at radius 1 is 1.22 bits per heavy atom. The average Bonchev–Trinajstić information content (AvgIpc) is 2.44. The average molecular weight is 375 g/mol. The minimum Gasteiger partial charge on any atom is -0.489 e. The van der Waals surface area contributed by atoms with E-state index in [2.05, 4.69) is 15.9 Å². The normalized spacial score (nSPS) is 15.7. The maximum absolute atomic E-state index is 12.3. The predicted octanol–water partition coefficient (Wildman–Crippen LogP) is 5.08. The van der Waals surface area contributed by atoms with Gasteiger partial charge in [-0.25, -0.2) is 0 Å². The van der Waals surface area contributed by atoms with Crippen LogP contribution in [0.25, 0.3) is 0 Å². The van der Waals surface area contributed by atoms with Crippen LogP contribution in [0.3, 0.4) is 0 Å². The molecule has 0 saturated heterocycles. The third-order valence-corrected chi connectivity index (χ3v) is 4.37. The maximum atomic E-state index is 12.3. The summed E-state index contributed by atoms with van der Waals surface area (Å²) >= 11 is 3.42. The summed E-state index contributed by atoms with van der Waals surface area (Å²) in [6.07, 6.45) is 0.403. The van der Waals surface area contributed by atoms with Gasteiger partial charge in [-0.1, -0.05) is 28.1 Å². The van der Waals surface area contributed by atoms with Crippen LogP contribution in [0.15, 0.2) is 40.9 Å². The monoisotopic (exact) mass is 374 g/mol. The Balaban J connectivity index is 1.83. The topological polar surface area (TPSA) is 35.5 Å². The fraction of sp³-hybridized carbons (Fsp3) is 0.316. The van der Waals surface area contributed by atoms with Gasteiger partial charge in [-0.2, -0.15) is 0 Å². The molecule has 0 N–H and O–H groups in total. The molecule has 0 atom stereocenters. The fourth-order valence-electron chi connectivity index (χ4n) is 2.80. The first-order chi connectivity index (χ1) is 10.8. The highest BCUT2D eigenvalue weighted by molar-refractivity contribution is 9.10. The number of ether oxygens (including phenoxy) is 2. The summed E-state index contributed by atoms with van der Waals surface area (Å²) in [6.45, 7) is 6.25. The highest BCUT2D eigenvalue weighted by Crippen LogP contribution is 2.37. The summed E-state index contributed by atoms with van der Waals surface area (Å²) in [5.74, 6) is 1.47. The molecule has 3 rings (SSSR count). The first-order valence-corrected chi connectivity index (χ1v) is 8.37. The van der Waals surface area contributed by atoms with Crippen LogP contribution in [0, 0.1) is 6.92 Å². The quantitative estimate of drug-likeness (QED) is 0.751. The van der Waals surface area contributed by atoms with E-state index in [0.29, 0.717) is 24.3 Å². The summed E-state index contributed by atoms with van der Waals surface area (Å²) in [5, 5.41) is 0. The molecule has 1 heterocycles. The molecule has 0 aliphatic carbocycles. The molecular weight excluding hydrogens is 356 g/mol. The van der Waals surface area contributed by atoms with Crippen molar-refractivity contribution in [1.82, 2.24) is 0 Å². The number of hydrogen-bond donors (Lipinski definition) is 0. The van der Waals surface area contributed by atoms with Crippen LogP contribution >= 0.6 is 15.9 Å². The smallest absolute Gasteiger partial charge is 0.170 e. The second-order valence-corrected chi connectivity index (χ2v) is 7.41. The molecule has 0 unspecified atom stereocenters. The van der Waals surface area contributed by atoms with Crippen LogP contribution in [0.1, 0.15) is 41.8 Å². The third kappa shape index (κ3) is 3.58. The Morgan fingerprint density at radius 2 is 1.91 bits per heavy atom. The van der Waals surface area contributed by atoms with E-state index in [0.717, 1.165) is 21.3 Å². The molecule has 1 aliphatic heterocycles. The second-order valence-electron chi connectivity index (χ2n) is 6.49. The second kappa shape index (κ2) is 6.00. The maximum Gasteiger partial charge on any atom is 0.170 e. The SMILES string of the molecule is Cc1cc(OCc2ccc(Br)cc2)cc2c1C(=O)CC(C)(C)O2.